The number of imidazole rings is 1. The summed E-state index contributed by atoms with van der Waals surface area (Å²) in [4.78, 5) is 7.61. The van der Waals surface area contributed by atoms with Crippen molar-refractivity contribution in [2.75, 3.05) is 6.54 Å². The minimum absolute atomic E-state index is 0.0526. The number of aromatic amines is 1. The van der Waals surface area contributed by atoms with Crippen LogP contribution >= 0.6 is 0 Å². The maximum absolute atomic E-state index is 10.0. The Kier molecular flexibility index (Phi) is 2.61. The van der Waals surface area contributed by atoms with E-state index in [1.165, 1.54) is 0 Å². The average molecular weight is 231 g/mol. The van der Waals surface area contributed by atoms with E-state index in [2.05, 4.69) is 27.4 Å². The molecule has 2 heterocycles. The molecule has 0 radical (unpaired) electrons. The minimum atomic E-state index is -0.287. The number of nitrogens with one attached hydrogen (secondary N) is 2. The number of nitrogens with zero attached hydrogens (tertiary/aromatic N) is 1. The van der Waals surface area contributed by atoms with E-state index in [1.807, 2.05) is 13.0 Å². The SMILES string of the molecule is Cc1nc2ccc(C3NCCCC3O)cc2[nH]1. The molecule has 1 aliphatic heterocycles. The molecule has 2 atom stereocenters. The fourth-order valence-corrected chi connectivity index (χ4v) is 2.56. The van der Waals surface area contributed by atoms with Crippen LogP contribution in [-0.2, 0) is 0 Å². The Hall–Kier alpha value is -1.39. The second-order valence-electron chi connectivity index (χ2n) is 4.74. The summed E-state index contributed by atoms with van der Waals surface area (Å²) in [5.41, 5.74) is 3.16. The summed E-state index contributed by atoms with van der Waals surface area (Å²) in [6, 6.07) is 6.20. The molecule has 2 unspecified atom stereocenters. The van der Waals surface area contributed by atoms with Crippen LogP contribution in [0, 0.1) is 6.92 Å². The van der Waals surface area contributed by atoms with Gasteiger partial charge in [-0.05, 0) is 44.0 Å². The Balaban J connectivity index is 1.98. The number of aryl methyl sites for hydroxylation is 1. The van der Waals surface area contributed by atoms with Crippen LogP contribution in [0.15, 0.2) is 18.2 Å². The van der Waals surface area contributed by atoms with Gasteiger partial charge in [0, 0.05) is 0 Å². The first-order valence-electron chi connectivity index (χ1n) is 6.12. The van der Waals surface area contributed by atoms with Gasteiger partial charge in [0.25, 0.3) is 0 Å². The zero-order chi connectivity index (χ0) is 11.8. The summed E-state index contributed by atoms with van der Waals surface area (Å²) in [5.74, 6) is 0.925. The summed E-state index contributed by atoms with van der Waals surface area (Å²) >= 11 is 0. The molecule has 90 valence electrons. The normalized spacial score (nSPS) is 25.3. The topological polar surface area (TPSA) is 60.9 Å². The third-order valence-electron chi connectivity index (χ3n) is 3.41. The number of aliphatic hydroxyl groups is 1. The lowest BCUT2D eigenvalue weighted by Gasteiger charge is -2.29. The largest absolute Gasteiger partial charge is 0.391 e. The Morgan fingerprint density at radius 3 is 3.12 bits per heavy atom. The number of aromatic nitrogens is 2. The fourth-order valence-electron chi connectivity index (χ4n) is 2.56. The van der Waals surface area contributed by atoms with E-state index in [9.17, 15) is 5.11 Å². The smallest absolute Gasteiger partial charge is 0.104 e. The van der Waals surface area contributed by atoms with Crippen molar-refractivity contribution >= 4 is 11.0 Å². The number of H-pyrrole nitrogens is 1. The molecule has 4 nitrogen and oxygen atoms in total. The van der Waals surface area contributed by atoms with Crippen molar-refractivity contribution in [2.45, 2.75) is 31.9 Å². The van der Waals surface area contributed by atoms with Gasteiger partial charge in [-0.15, -0.1) is 0 Å². The fraction of sp³-hybridized carbons (Fsp3) is 0.462. The molecule has 4 heteroatoms. The average Bonchev–Trinajstić information content (AvgIpc) is 2.68. The zero-order valence-corrected chi connectivity index (χ0v) is 9.90. The lowest BCUT2D eigenvalue weighted by molar-refractivity contribution is 0.0966. The predicted molar refractivity (Wildman–Crippen MR) is 66.8 cm³/mol. The minimum Gasteiger partial charge on any atom is -0.391 e. The number of rotatable bonds is 1. The second-order valence-corrected chi connectivity index (χ2v) is 4.74. The quantitative estimate of drug-likeness (QED) is 0.699. The highest BCUT2D eigenvalue weighted by atomic mass is 16.3. The zero-order valence-electron chi connectivity index (χ0n) is 9.90. The Morgan fingerprint density at radius 1 is 1.41 bits per heavy atom. The summed E-state index contributed by atoms with van der Waals surface area (Å²) < 4.78 is 0. The molecule has 1 aromatic carbocycles. The Morgan fingerprint density at radius 2 is 2.29 bits per heavy atom. The van der Waals surface area contributed by atoms with E-state index in [4.69, 9.17) is 0 Å². The molecule has 1 saturated heterocycles. The van der Waals surface area contributed by atoms with Crippen LogP contribution in [0.3, 0.4) is 0 Å². The maximum Gasteiger partial charge on any atom is 0.104 e. The van der Waals surface area contributed by atoms with Crippen LogP contribution < -0.4 is 5.32 Å². The molecular weight excluding hydrogens is 214 g/mol. The number of aliphatic hydroxyl groups excluding tert-OH is 1. The van der Waals surface area contributed by atoms with Crippen LogP contribution in [0.2, 0.25) is 0 Å². The van der Waals surface area contributed by atoms with Crippen LogP contribution in [-0.4, -0.2) is 27.7 Å². The lowest BCUT2D eigenvalue weighted by Crippen LogP contribution is -2.37. The lowest BCUT2D eigenvalue weighted by atomic mass is 9.94. The molecule has 1 fully saturated rings. The van der Waals surface area contributed by atoms with E-state index >= 15 is 0 Å². The molecular formula is C13H17N3O. The van der Waals surface area contributed by atoms with Crippen molar-refractivity contribution in [1.29, 1.82) is 0 Å². The van der Waals surface area contributed by atoms with Gasteiger partial charge in [0.1, 0.15) is 5.82 Å². The summed E-state index contributed by atoms with van der Waals surface area (Å²) in [7, 11) is 0. The van der Waals surface area contributed by atoms with Gasteiger partial charge in [0.05, 0.1) is 23.2 Å². The van der Waals surface area contributed by atoms with Crippen LogP contribution in [0.5, 0.6) is 0 Å². The van der Waals surface area contributed by atoms with Gasteiger partial charge < -0.3 is 15.4 Å². The highest BCUT2D eigenvalue weighted by Crippen LogP contribution is 2.25. The maximum atomic E-state index is 10.0. The molecule has 1 aliphatic rings. The third-order valence-corrected chi connectivity index (χ3v) is 3.41. The molecule has 0 amide bonds. The van der Waals surface area contributed by atoms with Crippen LogP contribution in [0.1, 0.15) is 30.3 Å². The second kappa shape index (κ2) is 4.13. The Bertz CT molecular complexity index is 534. The first-order valence-corrected chi connectivity index (χ1v) is 6.12. The van der Waals surface area contributed by atoms with Gasteiger partial charge in [-0.3, -0.25) is 0 Å². The molecule has 0 spiro atoms. The van der Waals surface area contributed by atoms with Gasteiger partial charge in [0.15, 0.2) is 0 Å². The van der Waals surface area contributed by atoms with Crippen molar-refractivity contribution < 1.29 is 5.11 Å². The van der Waals surface area contributed by atoms with Gasteiger partial charge in [-0.2, -0.15) is 0 Å². The van der Waals surface area contributed by atoms with Gasteiger partial charge >= 0.3 is 0 Å². The number of piperidine rings is 1. The predicted octanol–water partition coefficient (Wildman–Crippen LogP) is 1.66. The molecule has 1 aromatic heterocycles. The van der Waals surface area contributed by atoms with E-state index in [1.54, 1.807) is 0 Å². The van der Waals surface area contributed by atoms with E-state index in [0.29, 0.717) is 0 Å². The molecule has 0 saturated carbocycles. The highest BCUT2D eigenvalue weighted by molar-refractivity contribution is 5.76. The first-order chi connectivity index (χ1) is 8.24. The molecule has 2 aromatic rings. The van der Waals surface area contributed by atoms with E-state index in [-0.39, 0.29) is 12.1 Å². The van der Waals surface area contributed by atoms with Gasteiger partial charge in [0.2, 0.25) is 0 Å². The van der Waals surface area contributed by atoms with Crippen molar-refractivity contribution in [3.05, 3.63) is 29.6 Å². The number of benzene rings is 1. The van der Waals surface area contributed by atoms with E-state index < -0.39 is 0 Å². The first kappa shape index (κ1) is 10.7. The van der Waals surface area contributed by atoms with E-state index in [0.717, 1.165) is 41.8 Å². The molecule has 3 rings (SSSR count). The van der Waals surface area contributed by atoms with Crippen molar-refractivity contribution in [3.63, 3.8) is 0 Å². The molecule has 0 bridgehead atoms. The summed E-state index contributed by atoms with van der Waals surface area (Å²) in [6.45, 7) is 2.93. The summed E-state index contributed by atoms with van der Waals surface area (Å²) in [6.07, 6.45) is 1.63. The number of hydrogen-bond acceptors (Lipinski definition) is 3. The highest BCUT2D eigenvalue weighted by Gasteiger charge is 2.24. The standard InChI is InChI=1S/C13H17N3O/c1-8-15-10-5-4-9(7-11(10)16-8)13-12(17)3-2-6-14-13/h4-5,7,12-14,17H,2-3,6H2,1H3,(H,15,16). The van der Waals surface area contributed by atoms with Crippen LogP contribution in [0.4, 0.5) is 0 Å². The van der Waals surface area contributed by atoms with Crippen molar-refractivity contribution in [3.8, 4) is 0 Å². The van der Waals surface area contributed by atoms with Crippen molar-refractivity contribution in [2.24, 2.45) is 0 Å². The molecule has 3 N–H and O–H groups in total. The molecule has 17 heavy (non-hydrogen) atoms. The van der Waals surface area contributed by atoms with Gasteiger partial charge in [-0.25, -0.2) is 4.98 Å². The summed E-state index contributed by atoms with van der Waals surface area (Å²) in [5, 5.41) is 13.4. The third kappa shape index (κ3) is 1.94. The van der Waals surface area contributed by atoms with Crippen LogP contribution in [0.25, 0.3) is 11.0 Å². The van der Waals surface area contributed by atoms with Crippen molar-refractivity contribution in [1.82, 2.24) is 15.3 Å². The number of hydrogen-bond donors (Lipinski definition) is 3. The number of fused-ring (bicyclic) bond motifs is 1. The molecule has 0 aliphatic carbocycles. The Labute approximate surface area is 100 Å². The van der Waals surface area contributed by atoms with Gasteiger partial charge in [-0.1, -0.05) is 6.07 Å². The monoisotopic (exact) mass is 231 g/mol.